The zero-order valence-corrected chi connectivity index (χ0v) is 24.5. The van der Waals surface area contributed by atoms with Crippen LogP contribution >= 0.6 is 0 Å². The van der Waals surface area contributed by atoms with E-state index in [2.05, 4.69) is 63.4 Å². The molecule has 0 N–H and O–H groups in total. The standard InChI is InChI=1S/C31H52Si2/c1-6-7-13-23-20-21-25(22-23)32(2,3)33(4,5)31-28-18-11-16-26(28)30(24-14-9-8-10-15-24)27-17-12-19-29(27)31/h8-10,14-15,23,25-31H,6-7,11-13,16-22H2,1-5H3. The Bertz CT molecular complexity index is 761. The average Bonchev–Trinajstić information content (AvgIpc) is 3.56. The molecule has 0 heterocycles. The molecule has 1 aromatic rings. The maximum absolute atomic E-state index is 2.94. The predicted molar refractivity (Wildman–Crippen MR) is 150 cm³/mol. The molecule has 6 unspecified atom stereocenters. The molecule has 0 nitrogen and oxygen atoms in total. The van der Waals surface area contributed by atoms with E-state index in [1.54, 1.807) is 37.7 Å². The summed E-state index contributed by atoms with van der Waals surface area (Å²) in [7, 11) is -2.57. The first-order valence-electron chi connectivity index (χ1n) is 14.9. The molecule has 0 saturated heterocycles. The smallest absolute Gasteiger partial charge is 0.0451 e. The monoisotopic (exact) mass is 480 g/mol. The molecule has 0 spiro atoms. The van der Waals surface area contributed by atoms with E-state index >= 15 is 0 Å². The van der Waals surface area contributed by atoms with Gasteiger partial charge in [0, 0.05) is 15.2 Å². The normalized spacial score (nSPS) is 38.9. The van der Waals surface area contributed by atoms with Gasteiger partial charge in [0.2, 0.25) is 0 Å². The van der Waals surface area contributed by atoms with Crippen molar-refractivity contribution in [2.45, 2.75) is 127 Å². The van der Waals surface area contributed by atoms with Crippen LogP contribution in [0.1, 0.15) is 95.5 Å². The summed E-state index contributed by atoms with van der Waals surface area (Å²) in [5.41, 5.74) is 3.97. The summed E-state index contributed by atoms with van der Waals surface area (Å²) in [5, 5.41) is 0. The van der Waals surface area contributed by atoms with Gasteiger partial charge in [-0.15, -0.1) is 0 Å². The molecule has 4 fully saturated rings. The van der Waals surface area contributed by atoms with Gasteiger partial charge in [-0.05, 0) is 65.0 Å². The molecule has 4 aliphatic carbocycles. The highest BCUT2D eigenvalue weighted by Crippen LogP contribution is 2.67. The molecular formula is C31H52Si2. The second kappa shape index (κ2) is 9.60. The molecule has 0 amide bonds. The topological polar surface area (TPSA) is 0 Å². The summed E-state index contributed by atoms with van der Waals surface area (Å²) < 4.78 is 0. The Morgan fingerprint density at radius 1 is 0.727 bits per heavy atom. The molecular weight excluding hydrogens is 429 g/mol. The molecule has 6 atom stereocenters. The van der Waals surface area contributed by atoms with Crippen molar-refractivity contribution >= 4 is 15.2 Å². The van der Waals surface area contributed by atoms with Gasteiger partial charge in [-0.1, -0.05) is 128 Å². The van der Waals surface area contributed by atoms with Crippen molar-refractivity contribution in [3.05, 3.63) is 35.9 Å². The van der Waals surface area contributed by atoms with Crippen molar-refractivity contribution in [1.82, 2.24) is 0 Å². The van der Waals surface area contributed by atoms with E-state index in [0.29, 0.717) is 0 Å². The summed E-state index contributed by atoms with van der Waals surface area (Å²) >= 11 is 0. The van der Waals surface area contributed by atoms with Crippen LogP contribution in [0.3, 0.4) is 0 Å². The van der Waals surface area contributed by atoms with Crippen molar-refractivity contribution in [2.75, 3.05) is 0 Å². The van der Waals surface area contributed by atoms with E-state index in [1.165, 1.54) is 44.9 Å². The van der Waals surface area contributed by atoms with Crippen molar-refractivity contribution in [3.8, 4) is 0 Å². The molecule has 2 heteroatoms. The third-order valence-corrected chi connectivity index (χ3v) is 32.9. The van der Waals surface area contributed by atoms with Crippen molar-refractivity contribution < 1.29 is 0 Å². The fraction of sp³-hybridized carbons (Fsp3) is 0.806. The molecule has 33 heavy (non-hydrogen) atoms. The first-order chi connectivity index (χ1) is 15.9. The Hall–Kier alpha value is -0.346. The number of rotatable bonds is 7. The molecule has 0 aliphatic heterocycles. The quantitative estimate of drug-likeness (QED) is 0.340. The molecule has 0 bridgehead atoms. The lowest BCUT2D eigenvalue weighted by molar-refractivity contribution is 0.119. The van der Waals surface area contributed by atoms with Crippen LogP contribution in [0.15, 0.2) is 30.3 Å². The number of hydrogen-bond donors (Lipinski definition) is 0. The Morgan fingerprint density at radius 2 is 1.33 bits per heavy atom. The van der Waals surface area contributed by atoms with Crippen LogP contribution in [-0.2, 0) is 0 Å². The highest BCUT2D eigenvalue weighted by molar-refractivity contribution is 7.41. The van der Waals surface area contributed by atoms with Crippen LogP contribution in [0, 0.1) is 29.6 Å². The molecule has 0 radical (unpaired) electrons. The van der Waals surface area contributed by atoms with Crippen LogP contribution in [0.5, 0.6) is 0 Å². The maximum Gasteiger partial charge on any atom is 0.0451 e. The van der Waals surface area contributed by atoms with Crippen LogP contribution in [0.25, 0.3) is 0 Å². The van der Waals surface area contributed by atoms with Crippen molar-refractivity contribution in [2.24, 2.45) is 29.6 Å². The number of unbranched alkanes of at least 4 members (excludes halogenated alkanes) is 1. The molecule has 5 rings (SSSR count). The first-order valence-corrected chi connectivity index (χ1v) is 22.1. The molecule has 184 valence electrons. The largest absolute Gasteiger partial charge is 0.0711 e. The second-order valence-corrected chi connectivity index (χ2v) is 30.0. The SMILES string of the molecule is CCCCC1CCC([Si](C)(C)[Si](C)(C)C2C3CCCC3C(c3ccccc3)C3CCCC32)C1. The van der Waals surface area contributed by atoms with Gasteiger partial charge < -0.3 is 0 Å². The zero-order valence-electron chi connectivity index (χ0n) is 22.5. The minimum Gasteiger partial charge on any atom is -0.0711 e. The minimum absolute atomic E-state index is 0.877. The highest BCUT2D eigenvalue weighted by Gasteiger charge is 2.62. The molecule has 1 aromatic carbocycles. The fourth-order valence-electron chi connectivity index (χ4n) is 10.1. The number of benzene rings is 1. The lowest BCUT2D eigenvalue weighted by Crippen LogP contribution is -2.64. The van der Waals surface area contributed by atoms with E-state index < -0.39 is 15.2 Å². The van der Waals surface area contributed by atoms with Gasteiger partial charge in [-0.3, -0.25) is 0 Å². The van der Waals surface area contributed by atoms with Gasteiger partial charge in [-0.25, -0.2) is 0 Å². The van der Waals surface area contributed by atoms with Crippen LogP contribution in [0.2, 0.25) is 37.3 Å². The zero-order chi connectivity index (χ0) is 23.2. The van der Waals surface area contributed by atoms with E-state index in [0.717, 1.165) is 46.6 Å². The lowest BCUT2D eigenvalue weighted by Gasteiger charge is -2.58. The average molecular weight is 481 g/mol. The summed E-state index contributed by atoms with van der Waals surface area (Å²) in [6.07, 6.45) is 18.4. The van der Waals surface area contributed by atoms with Gasteiger partial charge in [0.1, 0.15) is 0 Å². The van der Waals surface area contributed by atoms with Gasteiger partial charge in [-0.2, -0.15) is 0 Å². The highest BCUT2D eigenvalue weighted by atomic mass is 29.3. The van der Waals surface area contributed by atoms with Crippen LogP contribution in [0.4, 0.5) is 0 Å². The number of hydrogen-bond acceptors (Lipinski definition) is 0. The fourth-order valence-corrected chi connectivity index (χ4v) is 24.6. The van der Waals surface area contributed by atoms with E-state index in [9.17, 15) is 0 Å². The minimum atomic E-state index is -1.32. The third kappa shape index (κ3) is 4.17. The van der Waals surface area contributed by atoms with Gasteiger partial charge >= 0.3 is 0 Å². The molecule has 4 aliphatic rings. The second-order valence-electron chi connectivity index (χ2n) is 13.9. The van der Waals surface area contributed by atoms with E-state index in [-0.39, 0.29) is 0 Å². The Morgan fingerprint density at radius 3 is 1.94 bits per heavy atom. The first kappa shape index (κ1) is 24.4. The number of fused-ring (bicyclic) bond motifs is 2. The van der Waals surface area contributed by atoms with Crippen molar-refractivity contribution in [1.29, 1.82) is 0 Å². The molecule has 0 aromatic heterocycles. The predicted octanol–water partition coefficient (Wildman–Crippen LogP) is 9.84. The van der Waals surface area contributed by atoms with Crippen molar-refractivity contribution in [3.63, 3.8) is 0 Å². The lowest BCUT2D eigenvalue weighted by atomic mass is 9.61. The van der Waals surface area contributed by atoms with E-state index in [1.807, 2.05) is 0 Å². The summed E-state index contributed by atoms with van der Waals surface area (Å²) in [6.45, 7) is 14.1. The van der Waals surface area contributed by atoms with Gasteiger partial charge in [0.05, 0.1) is 0 Å². The Kier molecular flexibility index (Phi) is 7.09. The maximum atomic E-state index is 2.94. The Balaban J connectivity index is 1.43. The van der Waals surface area contributed by atoms with Gasteiger partial charge in [0.25, 0.3) is 0 Å². The van der Waals surface area contributed by atoms with Crippen LogP contribution < -0.4 is 0 Å². The summed E-state index contributed by atoms with van der Waals surface area (Å²) in [6, 6.07) is 11.9. The third-order valence-electron chi connectivity index (χ3n) is 12.3. The van der Waals surface area contributed by atoms with Gasteiger partial charge in [0.15, 0.2) is 0 Å². The summed E-state index contributed by atoms with van der Waals surface area (Å²) in [4.78, 5) is 0. The summed E-state index contributed by atoms with van der Waals surface area (Å²) in [5.74, 6) is 6.05. The molecule has 4 saturated carbocycles. The van der Waals surface area contributed by atoms with Crippen LogP contribution in [-0.4, -0.2) is 15.2 Å². The Labute approximate surface area is 207 Å². The van der Waals surface area contributed by atoms with E-state index in [4.69, 9.17) is 0 Å².